The molecule has 4 aliphatic rings. The molecular weight excluding hydrogens is 340 g/mol. The maximum absolute atomic E-state index is 11.1. The van der Waals surface area contributed by atoms with Gasteiger partial charge in [-0.05, 0) is 98.8 Å². The SMILES string of the molecule is C[C@]12CC/C(=N/OCCCN)C[C@@H]1[C@H](O)CC1C2CC[C@]2(C)C(O)CC[C@@H]12. The predicted octanol–water partition coefficient (Wildman–Crippen LogP) is 3.08. The molecule has 0 heterocycles. The summed E-state index contributed by atoms with van der Waals surface area (Å²) in [5, 5.41) is 26.1. The third-order valence-electron chi connectivity index (χ3n) is 9.10. The maximum Gasteiger partial charge on any atom is 0.118 e. The van der Waals surface area contributed by atoms with Gasteiger partial charge >= 0.3 is 0 Å². The molecule has 27 heavy (non-hydrogen) atoms. The van der Waals surface area contributed by atoms with Crippen LogP contribution in [0.15, 0.2) is 5.16 Å². The van der Waals surface area contributed by atoms with E-state index in [1.54, 1.807) is 0 Å². The van der Waals surface area contributed by atoms with E-state index in [4.69, 9.17) is 10.6 Å². The van der Waals surface area contributed by atoms with Crippen molar-refractivity contribution in [3.63, 3.8) is 0 Å². The van der Waals surface area contributed by atoms with Gasteiger partial charge in [-0.25, -0.2) is 0 Å². The predicted molar refractivity (Wildman–Crippen MR) is 106 cm³/mol. The number of hydrogen-bond acceptors (Lipinski definition) is 5. The van der Waals surface area contributed by atoms with Crippen LogP contribution in [-0.2, 0) is 4.84 Å². The molecule has 8 atom stereocenters. The number of fused-ring (bicyclic) bond motifs is 5. The van der Waals surface area contributed by atoms with Gasteiger partial charge in [0.25, 0.3) is 0 Å². The minimum Gasteiger partial charge on any atom is -0.396 e. The first-order chi connectivity index (χ1) is 12.9. The van der Waals surface area contributed by atoms with Crippen molar-refractivity contribution < 1.29 is 15.1 Å². The molecule has 0 aromatic heterocycles. The Bertz CT molecular complexity index is 582. The van der Waals surface area contributed by atoms with Crippen molar-refractivity contribution in [3.8, 4) is 0 Å². The molecule has 4 N–H and O–H groups in total. The molecule has 5 nitrogen and oxygen atoms in total. The summed E-state index contributed by atoms with van der Waals surface area (Å²) in [4.78, 5) is 5.45. The number of oxime groups is 1. The molecule has 154 valence electrons. The highest BCUT2D eigenvalue weighted by molar-refractivity contribution is 5.85. The van der Waals surface area contributed by atoms with Gasteiger partial charge in [0, 0.05) is 0 Å². The van der Waals surface area contributed by atoms with E-state index >= 15 is 0 Å². The topological polar surface area (TPSA) is 88.1 Å². The van der Waals surface area contributed by atoms with Crippen molar-refractivity contribution in [3.05, 3.63) is 0 Å². The smallest absolute Gasteiger partial charge is 0.118 e. The van der Waals surface area contributed by atoms with Crippen molar-refractivity contribution in [2.24, 2.45) is 45.4 Å². The van der Waals surface area contributed by atoms with Crippen LogP contribution in [0.1, 0.15) is 71.6 Å². The number of nitrogens with zero attached hydrogens (tertiary/aromatic N) is 1. The Morgan fingerprint density at radius 3 is 2.63 bits per heavy atom. The van der Waals surface area contributed by atoms with Gasteiger partial charge < -0.3 is 20.8 Å². The molecule has 4 rings (SSSR count). The fraction of sp³-hybridized carbons (Fsp3) is 0.955. The monoisotopic (exact) mass is 378 g/mol. The van der Waals surface area contributed by atoms with Gasteiger partial charge in [0.2, 0.25) is 0 Å². The lowest BCUT2D eigenvalue weighted by Gasteiger charge is -2.61. The molecule has 0 aromatic rings. The van der Waals surface area contributed by atoms with Crippen LogP contribution in [0.5, 0.6) is 0 Å². The molecule has 0 aliphatic heterocycles. The van der Waals surface area contributed by atoms with E-state index in [9.17, 15) is 10.2 Å². The quantitative estimate of drug-likeness (QED) is 0.518. The lowest BCUT2D eigenvalue weighted by molar-refractivity contribution is -0.153. The second kappa shape index (κ2) is 7.31. The number of rotatable bonds is 4. The zero-order valence-corrected chi connectivity index (χ0v) is 17.1. The normalized spacial score (nSPS) is 50.8. The zero-order valence-electron chi connectivity index (χ0n) is 17.1. The average molecular weight is 379 g/mol. The van der Waals surface area contributed by atoms with E-state index in [1.807, 2.05) is 0 Å². The first-order valence-corrected chi connectivity index (χ1v) is 11.1. The number of aliphatic hydroxyl groups excluding tert-OH is 2. The fourth-order valence-electron chi connectivity index (χ4n) is 7.44. The second-order valence-electron chi connectivity index (χ2n) is 10.3. The van der Waals surface area contributed by atoms with Crippen molar-refractivity contribution in [2.75, 3.05) is 13.2 Å². The van der Waals surface area contributed by atoms with Crippen LogP contribution in [0.25, 0.3) is 0 Å². The summed E-state index contributed by atoms with van der Waals surface area (Å²) in [5.74, 6) is 2.11. The summed E-state index contributed by atoms with van der Waals surface area (Å²) in [6.45, 7) is 5.94. The van der Waals surface area contributed by atoms with E-state index in [-0.39, 0.29) is 23.0 Å². The summed E-state index contributed by atoms with van der Waals surface area (Å²) < 4.78 is 0. The third kappa shape index (κ3) is 3.14. The van der Waals surface area contributed by atoms with Crippen LogP contribution >= 0.6 is 0 Å². The zero-order chi connectivity index (χ0) is 19.2. The first kappa shape index (κ1) is 19.7. The van der Waals surface area contributed by atoms with Gasteiger partial charge in [0.05, 0.1) is 17.9 Å². The Kier molecular flexibility index (Phi) is 5.32. The third-order valence-corrected chi connectivity index (χ3v) is 9.10. The number of hydrogen-bond donors (Lipinski definition) is 3. The van der Waals surface area contributed by atoms with Crippen LogP contribution < -0.4 is 5.73 Å². The largest absolute Gasteiger partial charge is 0.396 e. The van der Waals surface area contributed by atoms with E-state index < -0.39 is 0 Å². The molecule has 5 heteroatoms. The molecule has 0 aromatic carbocycles. The summed E-state index contributed by atoms with van der Waals surface area (Å²) in [5.41, 5.74) is 6.88. The van der Waals surface area contributed by atoms with Crippen LogP contribution in [0.4, 0.5) is 0 Å². The minimum atomic E-state index is -0.258. The fourth-order valence-corrected chi connectivity index (χ4v) is 7.44. The molecule has 4 fully saturated rings. The Labute approximate surface area is 163 Å². The van der Waals surface area contributed by atoms with Gasteiger partial charge in [-0.3, -0.25) is 0 Å². The Morgan fingerprint density at radius 1 is 1.07 bits per heavy atom. The Balaban J connectivity index is 1.51. The van der Waals surface area contributed by atoms with E-state index in [1.165, 1.54) is 6.42 Å². The highest BCUT2D eigenvalue weighted by Crippen LogP contribution is 2.65. The Morgan fingerprint density at radius 2 is 1.85 bits per heavy atom. The van der Waals surface area contributed by atoms with Crippen LogP contribution in [0, 0.1) is 34.5 Å². The second-order valence-corrected chi connectivity index (χ2v) is 10.3. The van der Waals surface area contributed by atoms with E-state index in [0.29, 0.717) is 36.8 Å². The van der Waals surface area contributed by atoms with Crippen molar-refractivity contribution >= 4 is 5.71 Å². The standard InChI is InChI=1S/C22H38N2O3/c1-21-8-6-14(24-27-11-3-10-23)12-18(21)19(25)13-15-16-4-5-20(26)22(16,2)9-7-17(15)21/h15-20,25-26H,3-13,23H2,1-2H3/b24-14-/t15?,16-,17?,18+,19+,20?,21+,22-/m0/s1. The Hall–Kier alpha value is -0.650. The van der Waals surface area contributed by atoms with Crippen LogP contribution in [0.3, 0.4) is 0 Å². The molecular formula is C22H38N2O3. The molecule has 0 amide bonds. The molecule has 0 spiro atoms. The molecule has 0 bridgehead atoms. The van der Waals surface area contributed by atoms with Crippen LogP contribution in [0.2, 0.25) is 0 Å². The molecule has 4 saturated carbocycles. The minimum absolute atomic E-state index is 0.0716. The average Bonchev–Trinajstić information content (AvgIpc) is 2.95. The highest BCUT2D eigenvalue weighted by Gasteiger charge is 2.61. The van der Waals surface area contributed by atoms with Gasteiger partial charge in [0.15, 0.2) is 0 Å². The van der Waals surface area contributed by atoms with Gasteiger partial charge in [-0.2, -0.15) is 0 Å². The van der Waals surface area contributed by atoms with E-state index in [2.05, 4.69) is 19.0 Å². The van der Waals surface area contributed by atoms with Crippen LogP contribution in [-0.4, -0.2) is 41.3 Å². The van der Waals surface area contributed by atoms with E-state index in [0.717, 1.165) is 57.1 Å². The molecule has 0 saturated heterocycles. The van der Waals surface area contributed by atoms with Crippen molar-refractivity contribution in [1.29, 1.82) is 0 Å². The number of aliphatic hydroxyl groups is 2. The lowest BCUT2D eigenvalue weighted by Crippen LogP contribution is -2.58. The van der Waals surface area contributed by atoms with Gasteiger partial charge in [-0.15, -0.1) is 0 Å². The lowest BCUT2D eigenvalue weighted by atomic mass is 9.44. The first-order valence-electron chi connectivity index (χ1n) is 11.1. The summed E-state index contributed by atoms with van der Waals surface area (Å²) in [6.07, 6.45) is 8.69. The summed E-state index contributed by atoms with van der Waals surface area (Å²) >= 11 is 0. The van der Waals surface area contributed by atoms with Crippen molar-refractivity contribution in [2.45, 2.75) is 83.8 Å². The van der Waals surface area contributed by atoms with Gasteiger partial charge in [0.1, 0.15) is 6.61 Å². The highest BCUT2D eigenvalue weighted by atomic mass is 16.6. The number of nitrogens with two attached hydrogens (primary N) is 1. The molecule has 3 unspecified atom stereocenters. The molecule has 0 radical (unpaired) electrons. The van der Waals surface area contributed by atoms with Gasteiger partial charge in [-0.1, -0.05) is 19.0 Å². The molecule has 4 aliphatic carbocycles. The van der Waals surface area contributed by atoms with Crippen molar-refractivity contribution in [1.82, 2.24) is 0 Å². The maximum atomic E-state index is 11.1. The summed E-state index contributed by atoms with van der Waals surface area (Å²) in [6, 6.07) is 0. The summed E-state index contributed by atoms with van der Waals surface area (Å²) in [7, 11) is 0.